The van der Waals surface area contributed by atoms with Crippen molar-refractivity contribution < 1.29 is 32.3 Å². The third-order valence-corrected chi connectivity index (χ3v) is 5.74. The molecule has 0 spiro atoms. The summed E-state index contributed by atoms with van der Waals surface area (Å²) in [5.74, 6) is -3.69. The Morgan fingerprint density at radius 1 is 1.15 bits per heavy atom. The van der Waals surface area contributed by atoms with Gasteiger partial charge in [0.25, 0.3) is 0 Å². The maximum absolute atomic E-state index is 12.7. The first kappa shape index (κ1) is 20.7. The maximum Gasteiger partial charge on any atom is 0.182 e. The number of carbonyl (C=O) groups is 3. The summed E-state index contributed by atoms with van der Waals surface area (Å²) in [7, 11) is -0.682. The average Bonchev–Trinajstić information content (AvgIpc) is 2.54. The highest BCUT2D eigenvalue weighted by molar-refractivity contribution is 7.90. The van der Waals surface area contributed by atoms with Crippen LogP contribution in [0.2, 0.25) is 5.02 Å². The Morgan fingerprint density at radius 2 is 1.69 bits per heavy atom. The fourth-order valence-electron chi connectivity index (χ4n) is 3.05. The number of carbonyl (C=O) groups excluding carboxylic acids is 3. The number of Topliss-reactive ketones (excluding diaryl/α,β-unsaturated/α-hetero) is 3. The molecule has 0 atom stereocenters. The van der Waals surface area contributed by atoms with E-state index in [2.05, 4.69) is 0 Å². The van der Waals surface area contributed by atoms with Crippen LogP contribution in [0.5, 0.6) is 0 Å². The smallest absolute Gasteiger partial charge is 0.182 e. The highest BCUT2D eigenvalue weighted by Gasteiger charge is 2.43. The summed E-state index contributed by atoms with van der Waals surface area (Å²) in [6.45, 7) is 0. The summed E-state index contributed by atoms with van der Waals surface area (Å²) in [5, 5.41) is -0.118. The molecule has 26 heavy (non-hydrogen) atoms. The second-order valence-electron chi connectivity index (χ2n) is 6.15. The molecule has 1 saturated carbocycles. The van der Waals surface area contributed by atoms with Gasteiger partial charge in [-0.3, -0.25) is 14.4 Å². The molecule has 1 aliphatic rings. The van der Waals surface area contributed by atoms with Crippen LogP contribution in [0.4, 0.5) is 0 Å². The molecule has 142 valence electrons. The molecule has 2 rings (SSSR count). The molecular formula is C17H19ClO7S. The van der Waals surface area contributed by atoms with E-state index in [-0.39, 0.29) is 28.3 Å². The molecule has 7 nitrogen and oxygen atoms in total. The lowest BCUT2D eigenvalue weighted by Crippen LogP contribution is -2.42. The van der Waals surface area contributed by atoms with Gasteiger partial charge in [-0.1, -0.05) is 11.6 Å². The van der Waals surface area contributed by atoms with Crippen LogP contribution in [-0.4, -0.2) is 52.5 Å². The van der Waals surface area contributed by atoms with Crippen molar-refractivity contribution in [3.05, 3.63) is 28.8 Å². The van der Waals surface area contributed by atoms with E-state index in [4.69, 9.17) is 21.1 Å². The highest BCUT2D eigenvalue weighted by Crippen LogP contribution is 2.31. The molecule has 1 fully saturated rings. The van der Waals surface area contributed by atoms with Crippen molar-refractivity contribution in [2.75, 3.05) is 20.5 Å². The van der Waals surface area contributed by atoms with Gasteiger partial charge in [-0.2, -0.15) is 0 Å². The van der Waals surface area contributed by atoms with Crippen molar-refractivity contribution in [3.63, 3.8) is 0 Å². The van der Waals surface area contributed by atoms with Gasteiger partial charge in [-0.15, -0.1) is 0 Å². The minimum absolute atomic E-state index is 0.0342. The van der Waals surface area contributed by atoms with E-state index in [1.54, 1.807) is 0 Å². The summed E-state index contributed by atoms with van der Waals surface area (Å²) < 4.78 is 33.3. The first-order valence-corrected chi connectivity index (χ1v) is 10.0. The van der Waals surface area contributed by atoms with E-state index in [0.29, 0.717) is 0 Å². The van der Waals surface area contributed by atoms with Crippen LogP contribution in [0.15, 0.2) is 23.1 Å². The van der Waals surface area contributed by atoms with Gasteiger partial charge >= 0.3 is 0 Å². The molecule has 0 heterocycles. The lowest BCUT2D eigenvalue weighted by molar-refractivity contribution is -0.159. The highest BCUT2D eigenvalue weighted by atomic mass is 35.5. The number of hydrogen-bond donors (Lipinski definition) is 0. The van der Waals surface area contributed by atoms with Crippen molar-refractivity contribution in [3.8, 4) is 0 Å². The zero-order chi connectivity index (χ0) is 19.6. The lowest BCUT2D eigenvalue weighted by atomic mass is 9.76. The summed E-state index contributed by atoms with van der Waals surface area (Å²) in [6, 6.07) is 3.58. The fourth-order valence-corrected chi connectivity index (χ4v) is 4.04. The SMILES string of the molecule is COC(OC)C1CC(=O)C(C(=O)c2ccc(S(C)(=O)=O)cc2Cl)C(=O)C1. The van der Waals surface area contributed by atoms with E-state index in [9.17, 15) is 22.8 Å². The molecule has 0 aliphatic heterocycles. The van der Waals surface area contributed by atoms with E-state index in [1.165, 1.54) is 26.4 Å². The fraction of sp³-hybridized carbons (Fsp3) is 0.471. The number of ketones is 3. The number of ether oxygens (including phenoxy) is 2. The molecule has 1 aromatic rings. The third kappa shape index (κ3) is 4.20. The Balaban J connectivity index is 2.28. The number of sulfone groups is 1. The van der Waals surface area contributed by atoms with Gasteiger partial charge in [0.15, 0.2) is 33.5 Å². The second kappa shape index (κ2) is 7.96. The lowest BCUT2D eigenvalue weighted by Gasteiger charge is -2.30. The van der Waals surface area contributed by atoms with Crippen LogP contribution in [-0.2, 0) is 28.9 Å². The molecule has 9 heteroatoms. The van der Waals surface area contributed by atoms with Gasteiger partial charge in [0.1, 0.15) is 5.92 Å². The molecule has 0 radical (unpaired) electrons. The van der Waals surface area contributed by atoms with Gasteiger partial charge in [0.05, 0.1) is 9.92 Å². The standard InChI is InChI=1S/C17H19ClO7S/c1-24-17(25-2)9-6-13(19)15(14(20)7-9)16(21)11-5-4-10(8-12(11)18)26(3,22)23/h4-5,8-9,15,17H,6-7H2,1-3H3. The minimum Gasteiger partial charge on any atom is -0.356 e. The molecule has 0 aromatic heterocycles. The van der Waals surface area contributed by atoms with Crippen LogP contribution >= 0.6 is 11.6 Å². The predicted molar refractivity (Wildman–Crippen MR) is 92.9 cm³/mol. The third-order valence-electron chi connectivity index (χ3n) is 4.32. The number of benzene rings is 1. The van der Waals surface area contributed by atoms with Gasteiger partial charge < -0.3 is 9.47 Å². The number of hydrogen-bond acceptors (Lipinski definition) is 7. The Morgan fingerprint density at radius 3 is 2.12 bits per heavy atom. The van der Waals surface area contributed by atoms with Crippen molar-refractivity contribution in [2.45, 2.75) is 24.0 Å². The first-order chi connectivity index (χ1) is 12.1. The topological polar surface area (TPSA) is 104 Å². The number of methoxy groups -OCH3 is 2. The molecule has 0 unspecified atom stereocenters. The quantitative estimate of drug-likeness (QED) is 0.405. The van der Waals surface area contributed by atoms with Crippen LogP contribution < -0.4 is 0 Å². The van der Waals surface area contributed by atoms with Gasteiger partial charge in [0, 0.05) is 44.8 Å². The molecule has 0 N–H and O–H groups in total. The van der Waals surface area contributed by atoms with Crippen LogP contribution in [0.25, 0.3) is 0 Å². The summed E-state index contributed by atoms with van der Waals surface area (Å²) in [5.41, 5.74) is -0.0563. The minimum atomic E-state index is -3.49. The molecule has 1 aliphatic carbocycles. The van der Waals surface area contributed by atoms with Crippen molar-refractivity contribution in [1.29, 1.82) is 0 Å². The predicted octanol–water partition coefficient (Wildman–Crippen LogP) is 1.71. The summed E-state index contributed by atoms with van der Waals surface area (Å²) >= 11 is 6.02. The Hall–Kier alpha value is -1.61. The molecule has 1 aromatic carbocycles. The zero-order valence-electron chi connectivity index (χ0n) is 14.5. The number of halogens is 1. The second-order valence-corrected chi connectivity index (χ2v) is 8.57. The summed E-state index contributed by atoms with van der Waals surface area (Å²) in [4.78, 5) is 37.5. The zero-order valence-corrected chi connectivity index (χ0v) is 16.1. The van der Waals surface area contributed by atoms with Crippen LogP contribution in [0, 0.1) is 11.8 Å². The monoisotopic (exact) mass is 402 g/mol. The molecule has 0 bridgehead atoms. The van der Waals surface area contributed by atoms with Gasteiger partial charge in [-0.25, -0.2) is 8.42 Å². The Labute approximate surface area is 156 Å². The van der Waals surface area contributed by atoms with Gasteiger partial charge in [0.2, 0.25) is 0 Å². The van der Waals surface area contributed by atoms with Crippen molar-refractivity contribution >= 4 is 38.8 Å². The molecular weight excluding hydrogens is 384 g/mol. The normalized spacial score (nSPS) is 21.3. The van der Waals surface area contributed by atoms with E-state index in [1.807, 2.05) is 0 Å². The van der Waals surface area contributed by atoms with Crippen LogP contribution in [0.1, 0.15) is 23.2 Å². The molecule has 0 amide bonds. The van der Waals surface area contributed by atoms with E-state index in [0.717, 1.165) is 12.3 Å². The van der Waals surface area contributed by atoms with Crippen molar-refractivity contribution in [2.24, 2.45) is 11.8 Å². The summed E-state index contributed by atoms with van der Waals surface area (Å²) in [6.07, 6.45) is 0.231. The average molecular weight is 403 g/mol. The maximum atomic E-state index is 12.7. The largest absolute Gasteiger partial charge is 0.356 e. The van der Waals surface area contributed by atoms with Gasteiger partial charge in [-0.05, 0) is 18.2 Å². The molecule has 0 saturated heterocycles. The number of rotatable bonds is 6. The van der Waals surface area contributed by atoms with Crippen LogP contribution in [0.3, 0.4) is 0 Å². The first-order valence-electron chi connectivity index (χ1n) is 7.75. The Bertz CT molecular complexity index is 825. The van der Waals surface area contributed by atoms with E-state index >= 15 is 0 Å². The van der Waals surface area contributed by atoms with E-state index < -0.39 is 45.3 Å². The Kier molecular flexibility index (Phi) is 6.33. The van der Waals surface area contributed by atoms with Crippen molar-refractivity contribution in [1.82, 2.24) is 0 Å².